The summed E-state index contributed by atoms with van der Waals surface area (Å²) in [5, 5.41) is 0. The molecule has 21 heavy (non-hydrogen) atoms. The van der Waals surface area contributed by atoms with E-state index in [1.807, 2.05) is 24.3 Å². The van der Waals surface area contributed by atoms with Gasteiger partial charge in [0.05, 0.1) is 0 Å². The van der Waals surface area contributed by atoms with Crippen LogP contribution in [0.15, 0.2) is 24.3 Å². The normalized spacial score (nSPS) is 18.7. The summed E-state index contributed by atoms with van der Waals surface area (Å²) in [5.41, 5.74) is 7.09. The first-order chi connectivity index (χ1) is 9.95. The molecule has 0 spiro atoms. The minimum Gasteiger partial charge on any atom is -0.370 e. The van der Waals surface area contributed by atoms with Crippen LogP contribution in [0.2, 0.25) is 0 Å². The van der Waals surface area contributed by atoms with Crippen LogP contribution in [0, 0.1) is 5.92 Å². The van der Waals surface area contributed by atoms with Gasteiger partial charge in [0.2, 0.25) is 5.91 Å². The number of hydrogen-bond donors (Lipinski definition) is 1. The maximum Gasteiger partial charge on any atom is 0.253 e. The molecule has 1 aliphatic heterocycles. The summed E-state index contributed by atoms with van der Waals surface area (Å²) in [6.07, 6.45) is 1.48. The lowest BCUT2D eigenvalue weighted by atomic mass is 10.1. The fourth-order valence-corrected chi connectivity index (χ4v) is 2.83. The monoisotopic (exact) mass is 289 g/mol. The Bertz CT molecular complexity index is 528. The van der Waals surface area contributed by atoms with Crippen molar-refractivity contribution in [1.82, 2.24) is 9.80 Å². The van der Waals surface area contributed by atoms with Crippen LogP contribution >= 0.6 is 0 Å². The van der Waals surface area contributed by atoms with Crippen molar-refractivity contribution >= 4 is 11.8 Å². The summed E-state index contributed by atoms with van der Waals surface area (Å²) in [6.45, 7) is 2.68. The van der Waals surface area contributed by atoms with Gasteiger partial charge < -0.3 is 10.6 Å². The lowest BCUT2D eigenvalue weighted by Gasteiger charge is -2.17. The first-order valence-electron chi connectivity index (χ1n) is 7.27. The summed E-state index contributed by atoms with van der Waals surface area (Å²) in [4.78, 5) is 26.8. The van der Waals surface area contributed by atoms with Gasteiger partial charge in [0, 0.05) is 39.2 Å². The van der Waals surface area contributed by atoms with Crippen molar-refractivity contribution in [2.75, 3.05) is 27.2 Å². The Morgan fingerprint density at radius 1 is 1.38 bits per heavy atom. The number of likely N-dealkylation sites (tertiary alicyclic amines) is 1. The van der Waals surface area contributed by atoms with Crippen molar-refractivity contribution in [2.45, 2.75) is 19.4 Å². The molecule has 1 aromatic carbocycles. The van der Waals surface area contributed by atoms with E-state index in [9.17, 15) is 9.59 Å². The lowest BCUT2D eigenvalue weighted by molar-refractivity contribution is -0.118. The molecule has 1 fully saturated rings. The third-order valence-corrected chi connectivity index (χ3v) is 3.85. The largest absolute Gasteiger partial charge is 0.370 e. The van der Waals surface area contributed by atoms with E-state index in [-0.39, 0.29) is 11.8 Å². The zero-order chi connectivity index (χ0) is 15.4. The number of carbonyl (C=O) groups is 2. The minimum atomic E-state index is -0.222. The molecule has 1 saturated heterocycles. The molecule has 0 radical (unpaired) electrons. The van der Waals surface area contributed by atoms with Gasteiger partial charge in [-0.3, -0.25) is 14.5 Å². The molecule has 1 aliphatic rings. The molecular weight excluding hydrogens is 266 g/mol. The molecule has 0 aliphatic carbocycles. The lowest BCUT2D eigenvalue weighted by Crippen LogP contribution is -2.23. The van der Waals surface area contributed by atoms with Gasteiger partial charge in [0.25, 0.3) is 5.91 Å². The third-order valence-electron chi connectivity index (χ3n) is 3.85. The highest BCUT2D eigenvalue weighted by atomic mass is 16.2. The Kier molecular flexibility index (Phi) is 4.96. The van der Waals surface area contributed by atoms with Crippen molar-refractivity contribution in [1.29, 1.82) is 0 Å². The van der Waals surface area contributed by atoms with Gasteiger partial charge in [-0.05, 0) is 36.6 Å². The molecule has 1 heterocycles. The number of benzene rings is 1. The molecule has 5 heteroatoms. The summed E-state index contributed by atoms with van der Waals surface area (Å²) >= 11 is 0. The fourth-order valence-electron chi connectivity index (χ4n) is 2.83. The average molecular weight is 289 g/mol. The molecule has 0 saturated carbocycles. The van der Waals surface area contributed by atoms with Crippen molar-refractivity contribution in [2.24, 2.45) is 11.7 Å². The van der Waals surface area contributed by atoms with Gasteiger partial charge in [0.1, 0.15) is 0 Å². The van der Waals surface area contributed by atoms with Crippen LogP contribution < -0.4 is 5.73 Å². The van der Waals surface area contributed by atoms with E-state index in [0.29, 0.717) is 17.9 Å². The molecule has 0 bridgehead atoms. The van der Waals surface area contributed by atoms with Gasteiger partial charge in [-0.15, -0.1) is 0 Å². The van der Waals surface area contributed by atoms with E-state index in [0.717, 1.165) is 31.6 Å². The Balaban J connectivity index is 1.96. The van der Waals surface area contributed by atoms with Crippen molar-refractivity contribution in [3.05, 3.63) is 35.4 Å². The average Bonchev–Trinajstić information content (AvgIpc) is 2.84. The zero-order valence-corrected chi connectivity index (χ0v) is 12.7. The van der Waals surface area contributed by atoms with E-state index < -0.39 is 0 Å². The standard InChI is InChI=1S/C16H23N3O2/c1-18(2)16(21)14-5-3-4-12(8-14)10-19-7-6-13(11-19)9-15(17)20/h3-5,8,13H,6-7,9-11H2,1-2H3,(H2,17,20). The smallest absolute Gasteiger partial charge is 0.253 e. The number of hydrogen-bond acceptors (Lipinski definition) is 3. The number of nitrogens with zero attached hydrogens (tertiary/aromatic N) is 2. The molecule has 1 atom stereocenters. The van der Waals surface area contributed by atoms with Gasteiger partial charge in [0.15, 0.2) is 0 Å². The third kappa shape index (κ3) is 4.29. The van der Waals surface area contributed by atoms with E-state index in [2.05, 4.69) is 4.90 Å². The van der Waals surface area contributed by atoms with Gasteiger partial charge in [-0.2, -0.15) is 0 Å². The predicted molar refractivity (Wildman–Crippen MR) is 81.7 cm³/mol. The highest BCUT2D eigenvalue weighted by Gasteiger charge is 2.23. The topological polar surface area (TPSA) is 66.6 Å². The summed E-state index contributed by atoms with van der Waals surface area (Å²) in [5.74, 6) is 0.166. The van der Waals surface area contributed by atoms with E-state index in [4.69, 9.17) is 5.73 Å². The Morgan fingerprint density at radius 2 is 2.14 bits per heavy atom. The Labute approximate surface area is 125 Å². The second kappa shape index (κ2) is 6.72. The van der Waals surface area contributed by atoms with E-state index in [1.165, 1.54) is 0 Å². The number of nitrogens with two attached hydrogens (primary N) is 1. The highest BCUT2D eigenvalue weighted by Crippen LogP contribution is 2.21. The SMILES string of the molecule is CN(C)C(=O)c1cccc(CN2CCC(CC(N)=O)C2)c1. The molecule has 2 amide bonds. The number of carbonyl (C=O) groups excluding carboxylic acids is 2. The molecule has 1 aromatic rings. The quantitative estimate of drug-likeness (QED) is 0.882. The fraction of sp³-hybridized carbons (Fsp3) is 0.500. The maximum atomic E-state index is 12.0. The molecule has 114 valence electrons. The van der Waals surface area contributed by atoms with Crippen molar-refractivity contribution < 1.29 is 9.59 Å². The minimum absolute atomic E-state index is 0.0184. The number of amides is 2. The molecular formula is C16H23N3O2. The summed E-state index contributed by atoms with van der Waals surface area (Å²) in [6, 6.07) is 7.74. The van der Waals surface area contributed by atoms with Crippen LogP contribution in [0.5, 0.6) is 0 Å². The molecule has 1 unspecified atom stereocenters. The maximum absolute atomic E-state index is 12.0. The molecule has 2 rings (SSSR count). The second-order valence-corrected chi connectivity index (χ2v) is 5.96. The summed E-state index contributed by atoms with van der Waals surface area (Å²) < 4.78 is 0. The van der Waals surface area contributed by atoms with Gasteiger partial charge >= 0.3 is 0 Å². The summed E-state index contributed by atoms with van der Waals surface area (Å²) in [7, 11) is 3.51. The number of rotatable bonds is 5. The predicted octanol–water partition coefficient (Wildman–Crippen LogP) is 1.09. The van der Waals surface area contributed by atoms with Crippen molar-refractivity contribution in [3.8, 4) is 0 Å². The first kappa shape index (κ1) is 15.5. The van der Waals surface area contributed by atoms with Gasteiger partial charge in [-0.1, -0.05) is 12.1 Å². The molecule has 5 nitrogen and oxygen atoms in total. The second-order valence-electron chi connectivity index (χ2n) is 5.96. The Hall–Kier alpha value is -1.88. The number of primary amides is 1. The first-order valence-corrected chi connectivity index (χ1v) is 7.27. The molecule has 0 aromatic heterocycles. The molecule has 2 N–H and O–H groups in total. The van der Waals surface area contributed by atoms with Crippen LogP contribution in [0.25, 0.3) is 0 Å². The van der Waals surface area contributed by atoms with E-state index >= 15 is 0 Å². The Morgan fingerprint density at radius 3 is 2.81 bits per heavy atom. The van der Waals surface area contributed by atoms with Gasteiger partial charge in [-0.25, -0.2) is 0 Å². The van der Waals surface area contributed by atoms with Crippen molar-refractivity contribution in [3.63, 3.8) is 0 Å². The van der Waals surface area contributed by atoms with Crippen LogP contribution in [0.3, 0.4) is 0 Å². The van der Waals surface area contributed by atoms with Crippen LogP contribution in [-0.4, -0.2) is 48.8 Å². The van der Waals surface area contributed by atoms with Crippen LogP contribution in [-0.2, 0) is 11.3 Å². The van der Waals surface area contributed by atoms with Crippen LogP contribution in [0.4, 0.5) is 0 Å². The van der Waals surface area contributed by atoms with Crippen LogP contribution in [0.1, 0.15) is 28.8 Å². The van der Waals surface area contributed by atoms with E-state index in [1.54, 1.807) is 19.0 Å². The highest BCUT2D eigenvalue weighted by molar-refractivity contribution is 5.94. The zero-order valence-electron chi connectivity index (χ0n) is 12.7.